The minimum atomic E-state index is -0.810. The van der Waals surface area contributed by atoms with Crippen LogP contribution in [-0.2, 0) is 11.3 Å². The van der Waals surface area contributed by atoms with Crippen LogP contribution >= 0.6 is 11.3 Å². The van der Waals surface area contributed by atoms with E-state index in [4.69, 9.17) is 9.26 Å². The molecule has 122 valence electrons. The number of rotatable bonds is 5. The molecule has 8 nitrogen and oxygen atoms in total. The van der Waals surface area contributed by atoms with E-state index in [1.807, 2.05) is 17.5 Å². The number of nitro benzene ring substituents is 1. The van der Waals surface area contributed by atoms with Gasteiger partial charge < -0.3 is 9.26 Å². The molecule has 2 heterocycles. The molecular weight excluding hydrogens is 334 g/mol. The van der Waals surface area contributed by atoms with Gasteiger partial charge in [-0.2, -0.15) is 4.98 Å². The first-order chi connectivity index (χ1) is 11.6. The molecule has 0 radical (unpaired) electrons. The van der Waals surface area contributed by atoms with Gasteiger partial charge in [0.25, 0.3) is 11.6 Å². The van der Waals surface area contributed by atoms with Crippen molar-refractivity contribution in [1.82, 2.24) is 10.1 Å². The Morgan fingerprint density at radius 2 is 2.21 bits per heavy atom. The van der Waals surface area contributed by atoms with Gasteiger partial charge in [-0.3, -0.25) is 10.1 Å². The van der Waals surface area contributed by atoms with Gasteiger partial charge >= 0.3 is 5.97 Å². The number of aromatic nitrogens is 2. The van der Waals surface area contributed by atoms with E-state index in [2.05, 4.69) is 10.1 Å². The van der Waals surface area contributed by atoms with E-state index in [0.29, 0.717) is 11.4 Å². The Bertz CT molecular complexity index is 888. The van der Waals surface area contributed by atoms with Crippen molar-refractivity contribution in [2.45, 2.75) is 13.5 Å². The number of hydrogen-bond donors (Lipinski definition) is 0. The molecule has 0 unspecified atom stereocenters. The van der Waals surface area contributed by atoms with Gasteiger partial charge in [0.1, 0.15) is 5.56 Å². The molecule has 0 N–H and O–H groups in total. The summed E-state index contributed by atoms with van der Waals surface area (Å²) in [6.07, 6.45) is 0. The van der Waals surface area contributed by atoms with Crippen molar-refractivity contribution in [2.24, 2.45) is 0 Å². The summed E-state index contributed by atoms with van der Waals surface area (Å²) in [6.45, 7) is 1.34. The number of ether oxygens (including phenoxy) is 1. The van der Waals surface area contributed by atoms with Gasteiger partial charge in [-0.1, -0.05) is 23.4 Å². The minimum Gasteiger partial charge on any atom is -0.452 e. The van der Waals surface area contributed by atoms with E-state index in [9.17, 15) is 14.9 Å². The first-order valence-corrected chi connectivity index (χ1v) is 7.72. The summed E-state index contributed by atoms with van der Waals surface area (Å²) >= 11 is 1.45. The number of aryl methyl sites for hydroxylation is 1. The highest BCUT2D eigenvalue weighted by atomic mass is 32.1. The Morgan fingerprint density at radius 1 is 1.38 bits per heavy atom. The molecule has 0 saturated heterocycles. The minimum absolute atomic E-state index is 0.0829. The fourth-order valence-electron chi connectivity index (χ4n) is 2.09. The van der Waals surface area contributed by atoms with Gasteiger partial charge in [-0.15, -0.1) is 11.3 Å². The second-order valence-corrected chi connectivity index (χ2v) is 5.74. The zero-order valence-electron chi connectivity index (χ0n) is 12.5. The first kappa shape index (κ1) is 15.8. The number of nitro groups is 1. The second-order valence-electron chi connectivity index (χ2n) is 4.79. The van der Waals surface area contributed by atoms with Crippen molar-refractivity contribution in [1.29, 1.82) is 0 Å². The molecule has 0 aliphatic rings. The highest BCUT2D eigenvalue weighted by Gasteiger charge is 2.24. The molecule has 0 bridgehead atoms. The predicted molar refractivity (Wildman–Crippen MR) is 84.6 cm³/mol. The number of carbonyl (C=O) groups is 1. The lowest BCUT2D eigenvalue weighted by molar-refractivity contribution is -0.385. The normalized spacial score (nSPS) is 10.5. The maximum atomic E-state index is 12.2. The lowest BCUT2D eigenvalue weighted by Crippen LogP contribution is -2.10. The summed E-state index contributed by atoms with van der Waals surface area (Å²) < 4.78 is 10.1. The highest BCUT2D eigenvalue weighted by Crippen LogP contribution is 2.24. The van der Waals surface area contributed by atoms with Crippen LogP contribution in [0.4, 0.5) is 5.69 Å². The standard InChI is InChI=1S/C15H11N3O5S/c1-9-4-2-5-10(18(20)21)13(9)15(19)22-8-12-16-14(17-23-12)11-6-3-7-24-11/h2-7H,8H2,1H3. The largest absolute Gasteiger partial charge is 0.452 e. The molecule has 24 heavy (non-hydrogen) atoms. The smallest absolute Gasteiger partial charge is 0.345 e. The van der Waals surface area contributed by atoms with Crippen molar-refractivity contribution in [3.05, 3.63) is 62.8 Å². The van der Waals surface area contributed by atoms with Crippen molar-refractivity contribution >= 4 is 23.0 Å². The summed E-state index contributed by atoms with van der Waals surface area (Å²) in [5, 5.41) is 16.7. The van der Waals surface area contributed by atoms with Crippen molar-refractivity contribution < 1.29 is 19.0 Å². The van der Waals surface area contributed by atoms with Crippen molar-refractivity contribution in [3.63, 3.8) is 0 Å². The quantitative estimate of drug-likeness (QED) is 0.396. The average molecular weight is 345 g/mol. The van der Waals surface area contributed by atoms with E-state index in [1.165, 1.54) is 23.5 Å². The predicted octanol–water partition coefficient (Wildman–Crippen LogP) is 3.37. The maximum Gasteiger partial charge on any atom is 0.345 e. The molecule has 0 fully saturated rings. The number of thiophene rings is 1. The van der Waals surface area contributed by atoms with E-state index in [-0.39, 0.29) is 23.7 Å². The molecule has 2 aromatic heterocycles. The second kappa shape index (κ2) is 6.59. The third-order valence-corrected chi connectivity index (χ3v) is 4.05. The lowest BCUT2D eigenvalue weighted by atomic mass is 10.1. The summed E-state index contributed by atoms with van der Waals surface area (Å²) in [5.74, 6) is -0.295. The Kier molecular flexibility index (Phi) is 4.34. The lowest BCUT2D eigenvalue weighted by Gasteiger charge is -2.05. The summed E-state index contributed by atoms with van der Waals surface area (Å²) in [4.78, 5) is 27.6. The van der Waals surface area contributed by atoms with Gasteiger partial charge in [-0.05, 0) is 23.9 Å². The Labute approximate surface area is 139 Å². The molecule has 1 aromatic carbocycles. The van der Waals surface area contributed by atoms with Gasteiger partial charge in [0.05, 0.1) is 9.80 Å². The fraction of sp³-hybridized carbons (Fsp3) is 0.133. The number of nitrogens with zero attached hydrogens (tertiary/aromatic N) is 3. The van der Waals surface area contributed by atoms with Crippen LogP contribution in [-0.4, -0.2) is 21.0 Å². The van der Waals surface area contributed by atoms with Gasteiger partial charge in [0.15, 0.2) is 6.61 Å². The van der Waals surface area contributed by atoms with E-state index in [0.717, 1.165) is 4.88 Å². The molecule has 0 spiro atoms. The van der Waals surface area contributed by atoms with Crippen molar-refractivity contribution in [2.75, 3.05) is 0 Å². The Morgan fingerprint density at radius 3 is 2.92 bits per heavy atom. The van der Waals surface area contributed by atoms with Crippen LogP contribution < -0.4 is 0 Å². The molecule has 0 aliphatic heterocycles. The van der Waals surface area contributed by atoms with E-state index < -0.39 is 10.9 Å². The van der Waals surface area contributed by atoms with Crippen molar-refractivity contribution in [3.8, 4) is 10.7 Å². The average Bonchev–Trinajstić information content (AvgIpc) is 3.23. The Balaban J connectivity index is 1.74. The monoisotopic (exact) mass is 345 g/mol. The molecule has 3 aromatic rings. The SMILES string of the molecule is Cc1cccc([N+](=O)[O-])c1C(=O)OCc1nc(-c2cccs2)no1. The zero-order chi connectivity index (χ0) is 17.1. The van der Waals surface area contributed by atoms with Crippen LogP contribution in [0.15, 0.2) is 40.2 Å². The topological polar surface area (TPSA) is 108 Å². The number of hydrogen-bond acceptors (Lipinski definition) is 8. The molecule has 0 aliphatic carbocycles. The van der Waals surface area contributed by atoms with Gasteiger partial charge in [-0.25, -0.2) is 4.79 Å². The molecule has 0 atom stereocenters. The third kappa shape index (κ3) is 3.15. The first-order valence-electron chi connectivity index (χ1n) is 6.84. The summed E-state index contributed by atoms with van der Waals surface area (Å²) in [6, 6.07) is 8.06. The van der Waals surface area contributed by atoms with Crippen LogP contribution in [0.5, 0.6) is 0 Å². The molecular formula is C15H11N3O5S. The third-order valence-electron chi connectivity index (χ3n) is 3.19. The van der Waals surface area contributed by atoms with Crippen LogP contribution in [0.3, 0.4) is 0 Å². The number of benzene rings is 1. The fourth-order valence-corrected chi connectivity index (χ4v) is 2.74. The summed E-state index contributed by atoms with van der Waals surface area (Å²) in [5.41, 5.74) is 0.0734. The number of esters is 1. The van der Waals surface area contributed by atoms with Crippen LogP contribution in [0, 0.1) is 17.0 Å². The summed E-state index contributed by atoms with van der Waals surface area (Å²) in [7, 11) is 0. The van der Waals surface area contributed by atoms with Crippen LogP contribution in [0.25, 0.3) is 10.7 Å². The molecule has 3 rings (SSSR count). The van der Waals surface area contributed by atoms with Gasteiger partial charge in [0.2, 0.25) is 5.82 Å². The van der Waals surface area contributed by atoms with Gasteiger partial charge in [0, 0.05) is 6.07 Å². The van der Waals surface area contributed by atoms with E-state index >= 15 is 0 Å². The van der Waals surface area contributed by atoms with E-state index in [1.54, 1.807) is 13.0 Å². The molecule has 0 amide bonds. The Hall–Kier alpha value is -3.07. The highest BCUT2D eigenvalue weighted by molar-refractivity contribution is 7.13. The molecule has 9 heteroatoms. The zero-order valence-corrected chi connectivity index (χ0v) is 13.3. The maximum absolute atomic E-state index is 12.2. The van der Waals surface area contributed by atoms with Crippen LogP contribution in [0.2, 0.25) is 0 Å². The van der Waals surface area contributed by atoms with Crippen LogP contribution in [0.1, 0.15) is 21.8 Å². The molecule has 0 saturated carbocycles. The number of carbonyl (C=O) groups excluding carboxylic acids is 1.